The van der Waals surface area contributed by atoms with Gasteiger partial charge >= 0.3 is 6.18 Å². The van der Waals surface area contributed by atoms with Gasteiger partial charge in [0, 0.05) is 10.9 Å². The van der Waals surface area contributed by atoms with Crippen molar-refractivity contribution < 1.29 is 13.2 Å². The molecule has 0 saturated heterocycles. The molecule has 1 fully saturated rings. The summed E-state index contributed by atoms with van der Waals surface area (Å²) in [6, 6.07) is 0.126. The van der Waals surface area contributed by atoms with Gasteiger partial charge in [-0.15, -0.1) is 11.3 Å². The van der Waals surface area contributed by atoms with E-state index >= 15 is 0 Å². The van der Waals surface area contributed by atoms with E-state index in [-0.39, 0.29) is 18.9 Å². The Hall–Kier alpha value is -0.620. The zero-order chi connectivity index (χ0) is 15.8. The van der Waals surface area contributed by atoms with E-state index in [1.54, 1.807) is 0 Å². The van der Waals surface area contributed by atoms with Crippen LogP contribution < -0.4 is 5.32 Å². The largest absolute Gasteiger partial charge is 0.391 e. The molecule has 2 unspecified atom stereocenters. The average molecular weight is 320 g/mol. The van der Waals surface area contributed by atoms with Gasteiger partial charge in [-0.1, -0.05) is 6.42 Å². The number of alkyl halides is 3. The molecule has 1 aliphatic rings. The molecule has 6 heteroatoms. The number of aryl methyl sites for hydroxylation is 2. The Morgan fingerprint density at radius 3 is 2.48 bits per heavy atom. The molecule has 2 nitrogen and oxygen atoms in total. The molecule has 0 radical (unpaired) electrons. The van der Waals surface area contributed by atoms with Crippen molar-refractivity contribution in [3.63, 3.8) is 0 Å². The maximum atomic E-state index is 13.2. The second-order valence-corrected chi connectivity index (χ2v) is 7.58. The lowest BCUT2D eigenvalue weighted by Gasteiger charge is -2.42. The van der Waals surface area contributed by atoms with Crippen LogP contribution in [-0.4, -0.2) is 17.2 Å². The highest BCUT2D eigenvalue weighted by atomic mass is 32.1. The van der Waals surface area contributed by atoms with Gasteiger partial charge in [0.15, 0.2) is 0 Å². The number of rotatable bonds is 3. The fourth-order valence-electron chi connectivity index (χ4n) is 3.17. The number of nitrogens with zero attached hydrogens (tertiary/aromatic N) is 1. The van der Waals surface area contributed by atoms with Crippen LogP contribution >= 0.6 is 11.3 Å². The molecule has 2 rings (SSSR count). The monoisotopic (exact) mass is 320 g/mol. The molecule has 21 heavy (non-hydrogen) atoms. The summed E-state index contributed by atoms with van der Waals surface area (Å²) in [6.07, 6.45) is -2.48. The van der Waals surface area contributed by atoms with E-state index in [2.05, 4.69) is 10.3 Å². The summed E-state index contributed by atoms with van der Waals surface area (Å²) in [5.41, 5.74) is 0.296. The topological polar surface area (TPSA) is 24.9 Å². The molecule has 0 bridgehead atoms. The molecule has 0 aromatic carbocycles. The molecule has 1 heterocycles. The fraction of sp³-hybridized carbons (Fsp3) is 0.800. The second-order valence-electron chi connectivity index (χ2n) is 6.38. The predicted octanol–water partition coefficient (Wildman–Crippen LogP) is 4.71. The normalized spacial score (nSPS) is 27.3. The number of hydrogen-bond donors (Lipinski definition) is 1. The van der Waals surface area contributed by atoms with Gasteiger partial charge in [0.25, 0.3) is 0 Å². The number of thiazole rings is 1. The van der Waals surface area contributed by atoms with Gasteiger partial charge < -0.3 is 5.32 Å². The van der Waals surface area contributed by atoms with Crippen LogP contribution in [0.2, 0.25) is 0 Å². The summed E-state index contributed by atoms with van der Waals surface area (Å²) < 4.78 is 39.5. The van der Waals surface area contributed by atoms with E-state index in [1.807, 2.05) is 27.7 Å². The molecule has 1 aromatic heterocycles. The Labute approximate surface area is 128 Å². The summed E-state index contributed by atoms with van der Waals surface area (Å²) >= 11 is 1.53. The lowest BCUT2D eigenvalue weighted by atomic mass is 9.75. The van der Waals surface area contributed by atoms with Crippen LogP contribution in [0, 0.1) is 19.8 Å². The molecule has 1 aromatic rings. The van der Waals surface area contributed by atoms with Crippen LogP contribution in [0.4, 0.5) is 13.2 Å². The zero-order valence-corrected chi connectivity index (χ0v) is 13.8. The molecular weight excluding hydrogens is 297 g/mol. The summed E-state index contributed by atoms with van der Waals surface area (Å²) in [4.78, 5) is 5.65. The van der Waals surface area contributed by atoms with E-state index in [0.717, 1.165) is 22.0 Å². The predicted molar refractivity (Wildman–Crippen MR) is 79.6 cm³/mol. The first kappa shape index (κ1) is 16.7. The van der Waals surface area contributed by atoms with Gasteiger partial charge in [-0.05, 0) is 47.0 Å². The van der Waals surface area contributed by atoms with E-state index in [9.17, 15) is 13.2 Å². The summed E-state index contributed by atoms with van der Waals surface area (Å²) in [5.74, 6) is -1.23. The van der Waals surface area contributed by atoms with Crippen LogP contribution in [0.25, 0.3) is 0 Å². The Balaban J connectivity index is 2.37. The maximum absolute atomic E-state index is 13.2. The third-order valence-corrected chi connectivity index (χ3v) is 5.49. The van der Waals surface area contributed by atoms with E-state index in [0.29, 0.717) is 6.42 Å². The van der Waals surface area contributed by atoms with E-state index in [1.165, 1.54) is 11.3 Å². The van der Waals surface area contributed by atoms with Gasteiger partial charge in [0.1, 0.15) is 5.01 Å². The standard InChI is InChI=1S/C15H23F3N2S/c1-9(2)20-14(13-19-10(3)11(4)21-13)7-5-6-12(8-14)15(16,17)18/h9,12,20H,5-8H2,1-4H3. The van der Waals surface area contributed by atoms with Gasteiger partial charge in [-0.2, -0.15) is 13.2 Å². The minimum absolute atomic E-state index is 0.0983. The quantitative estimate of drug-likeness (QED) is 0.873. The number of aromatic nitrogens is 1. The molecule has 1 N–H and O–H groups in total. The second kappa shape index (κ2) is 5.88. The van der Waals surface area contributed by atoms with Crippen molar-refractivity contribution >= 4 is 11.3 Å². The van der Waals surface area contributed by atoms with Crippen molar-refractivity contribution in [3.8, 4) is 0 Å². The Morgan fingerprint density at radius 1 is 1.33 bits per heavy atom. The van der Waals surface area contributed by atoms with Crippen LogP contribution in [0.3, 0.4) is 0 Å². The summed E-state index contributed by atoms with van der Waals surface area (Å²) in [6.45, 7) is 7.85. The highest BCUT2D eigenvalue weighted by molar-refractivity contribution is 7.11. The highest BCUT2D eigenvalue weighted by Crippen LogP contribution is 2.47. The lowest BCUT2D eigenvalue weighted by molar-refractivity contribution is -0.189. The number of hydrogen-bond acceptors (Lipinski definition) is 3. The molecule has 0 amide bonds. The first-order valence-corrected chi connectivity index (χ1v) is 8.24. The van der Waals surface area contributed by atoms with Gasteiger partial charge in [0.05, 0.1) is 17.2 Å². The van der Waals surface area contributed by atoms with Gasteiger partial charge in [-0.25, -0.2) is 4.98 Å². The maximum Gasteiger partial charge on any atom is 0.391 e. The van der Waals surface area contributed by atoms with Gasteiger partial charge in [0.2, 0.25) is 0 Å². The minimum Gasteiger partial charge on any atom is -0.303 e. The van der Waals surface area contributed by atoms with Crippen molar-refractivity contribution in [2.24, 2.45) is 5.92 Å². The lowest BCUT2D eigenvalue weighted by Crippen LogP contribution is -2.51. The Kier molecular flexibility index (Phi) is 4.69. The SMILES string of the molecule is Cc1nc(C2(NC(C)C)CCCC(C(F)(F)F)C2)sc1C. The third-order valence-electron chi connectivity index (χ3n) is 4.22. The van der Waals surface area contributed by atoms with Crippen molar-refractivity contribution in [1.29, 1.82) is 0 Å². The van der Waals surface area contributed by atoms with Crippen molar-refractivity contribution in [2.45, 2.75) is 71.1 Å². The first-order valence-electron chi connectivity index (χ1n) is 7.43. The van der Waals surface area contributed by atoms with Crippen molar-refractivity contribution in [1.82, 2.24) is 10.3 Å². The zero-order valence-electron chi connectivity index (χ0n) is 13.0. The number of nitrogens with one attached hydrogen (secondary N) is 1. The first-order chi connectivity index (χ1) is 9.64. The third kappa shape index (κ3) is 3.59. The van der Waals surface area contributed by atoms with E-state index in [4.69, 9.17) is 0 Å². The highest BCUT2D eigenvalue weighted by Gasteiger charge is 2.49. The van der Waals surface area contributed by atoms with Crippen molar-refractivity contribution in [2.75, 3.05) is 0 Å². The van der Waals surface area contributed by atoms with Crippen LogP contribution in [0.5, 0.6) is 0 Å². The van der Waals surface area contributed by atoms with Crippen LogP contribution in [0.1, 0.15) is 55.1 Å². The molecule has 0 spiro atoms. The fourth-order valence-corrected chi connectivity index (χ4v) is 4.28. The minimum atomic E-state index is -4.12. The van der Waals surface area contributed by atoms with Gasteiger partial charge in [-0.3, -0.25) is 0 Å². The molecule has 1 aliphatic carbocycles. The molecule has 0 aliphatic heterocycles. The molecule has 120 valence electrons. The smallest absolute Gasteiger partial charge is 0.303 e. The summed E-state index contributed by atoms with van der Waals surface area (Å²) in [5, 5.41) is 4.22. The Morgan fingerprint density at radius 2 is 2.00 bits per heavy atom. The molecule has 1 saturated carbocycles. The molecular formula is C15H23F3N2S. The average Bonchev–Trinajstić information content (AvgIpc) is 2.68. The van der Waals surface area contributed by atoms with Crippen molar-refractivity contribution in [3.05, 3.63) is 15.6 Å². The van der Waals surface area contributed by atoms with Crippen LogP contribution in [-0.2, 0) is 5.54 Å². The van der Waals surface area contributed by atoms with E-state index < -0.39 is 17.6 Å². The summed E-state index contributed by atoms with van der Waals surface area (Å²) in [7, 11) is 0. The molecule has 2 atom stereocenters. The Bertz CT molecular complexity index is 476. The van der Waals surface area contributed by atoms with Crippen LogP contribution in [0.15, 0.2) is 0 Å². The number of halogens is 3.